The molecule has 4 aromatic rings. The Balaban J connectivity index is -0.00000308. The zero-order valence-electron chi connectivity index (χ0n) is 52.0. The van der Waals surface area contributed by atoms with E-state index in [-0.39, 0.29) is 306 Å². The van der Waals surface area contributed by atoms with E-state index in [0.717, 1.165) is 24.5 Å². The fourth-order valence-corrected chi connectivity index (χ4v) is 8.57. The third-order valence-corrected chi connectivity index (χ3v) is 12.2. The predicted molar refractivity (Wildman–Crippen MR) is 267 cm³/mol. The first-order chi connectivity index (χ1) is 39.2. The molecule has 4 amide bonds. The fraction of sp³-hybridized carbons (Fsp3) is 0.373. The van der Waals surface area contributed by atoms with Crippen molar-refractivity contribution in [1.82, 2.24) is 51.1 Å². The Labute approximate surface area is 697 Å². The third kappa shape index (κ3) is 36.5. The number of carboxylic acid groups (broad SMARTS) is 8. The maximum absolute atomic E-state index is 13.8. The number of phenols is 2. The smallest absolute Gasteiger partial charge is 0.549 e. The summed E-state index contributed by atoms with van der Waals surface area (Å²) in [5.41, 5.74) is 7.69. The molecular weight excluding hydrogens is 1290 g/mol. The molecule has 91 heavy (non-hydrogen) atoms. The fourth-order valence-electron chi connectivity index (χ4n) is 8.57. The van der Waals surface area contributed by atoms with Gasteiger partial charge in [0, 0.05) is 116 Å². The molecule has 0 spiro atoms. The molecule has 0 heterocycles. The van der Waals surface area contributed by atoms with Gasteiger partial charge in [-0.25, -0.2) is 0 Å². The van der Waals surface area contributed by atoms with Crippen molar-refractivity contribution in [2.45, 2.75) is 6.42 Å². The summed E-state index contributed by atoms with van der Waals surface area (Å²) in [6, 6.07) is 15.3. The second-order valence-corrected chi connectivity index (χ2v) is 18.5. The van der Waals surface area contributed by atoms with E-state index in [1.165, 1.54) is 17.0 Å². The normalized spacial score (nSPS) is 10.4. The summed E-state index contributed by atoms with van der Waals surface area (Å²) in [5, 5.41) is 114. The van der Waals surface area contributed by atoms with Crippen LogP contribution in [0.5, 0.6) is 11.5 Å². The quantitative estimate of drug-likeness (QED) is 0.0164. The molecular formula is C51H55N10Na8O22+. The summed E-state index contributed by atoms with van der Waals surface area (Å²) < 4.78 is 0. The molecule has 0 aliphatic heterocycles. The molecule has 0 saturated carbocycles. The van der Waals surface area contributed by atoms with Crippen molar-refractivity contribution < 1.29 is 345 Å². The van der Waals surface area contributed by atoms with Crippen molar-refractivity contribution in [2.75, 3.05) is 118 Å². The van der Waals surface area contributed by atoms with Gasteiger partial charge in [-0.3, -0.25) is 75.1 Å². The first-order valence-electron chi connectivity index (χ1n) is 24.8. The SMILES string of the molecule is O=C([O-])CN(CCN(CC(=O)[O-])CC(=O)[O-])CCN(CC(=O)[O-])CC(=O)NNC(=O)c1cc2ccccc2c(Cc2c(O)c(C(=O)NNC(=O)CN(CCN(CCN(CC(=O)[O-])CC(=O)[O-])CC(=O)[O-])CC(=O)O)cc3ccccc23)c1O.[Na+].[Na+].[Na+].[Na+].[Na+].[Na+].[Na+].[Na+]. The first-order valence-corrected chi connectivity index (χ1v) is 24.8. The topological polar surface area (TPSA) is 495 Å². The minimum Gasteiger partial charge on any atom is -0.549 e. The molecule has 0 saturated heterocycles. The van der Waals surface area contributed by atoms with Gasteiger partial charge < -0.3 is 84.6 Å². The summed E-state index contributed by atoms with van der Waals surface area (Å²) in [5.74, 6) is -18.3. The number of fused-ring (bicyclic) bond motifs is 2. The van der Waals surface area contributed by atoms with Crippen LogP contribution in [0.1, 0.15) is 31.8 Å². The van der Waals surface area contributed by atoms with Gasteiger partial charge >= 0.3 is 242 Å². The van der Waals surface area contributed by atoms with Crippen LogP contribution in [-0.2, 0) is 54.4 Å². The molecule has 0 aliphatic rings. The van der Waals surface area contributed by atoms with Crippen molar-refractivity contribution in [3.05, 3.63) is 82.9 Å². The second-order valence-electron chi connectivity index (χ2n) is 18.5. The molecule has 0 atom stereocenters. The largest absolute Gasteiger partial charge is 1.00 e. The van der Waals surface area contributed by atoms with Crippen molar-refractivity contribution in [2.24, 2.45) is 0 Å². The van der Waals surface area contributed by atoms with Crippen LogP contribution in [0.15, 0.2) is 60.7 Å². The van der Waals surface area contributed by atoms with E-state index in [2.05, 4.69) is 21.7 Å². The number of carboxylic acids is 8. The van der Waals surface area contributed by atoms with Crippen LogP contribution in [0.4, 0.5) is 0 Å². The molecule has 7 N–H and O–H groups in total. The maximum atomic E-state index is 13.8. The predicted octanol–water partition coefficient (Wildman–Crippen LogP) is -36.3. The van der Waals surface area contributed by atoms with Gasteiger partial charge in [0.05, 0.1) is 72.5 Å². The van der Waals surface area contributed by atoms with Crippen molar-refractivity contribution >= 4 is 92.9 Å². The zero-order chi connectivity index (χ0) is 61.5. The molecule has 32 nitrogen and oxygen atoms in total. The Morgan fingerprint density at radius 1 is 0.341 bits per heavy atom. The standard InChI is InChI=1S/C51H62N10O22.8Na/c62-38(20-58(24-42(68)69)13-9-56(22-40(64)65)11-15-60(26-44(72)73)27-45(74)75)52-54-50(82)36-17-30-5-1-3-7-32(30)34(48(36)80)19-35-33-8-4-2-6-31(33)18-37(49(35)81)51(83)55-53-39(63)21-59(25-43(70)71)14-10-57(23-41(66)67)12-16-61(28-46(76)77)29-47(78)79;;;;;;;;/h1-8,17-18,80-81H,9-16,19-29H2,(H,52,62)(H,53,63)(H,54,82)(H,55,83)(H,64,65)(H,66,67)(H,68,69)(H,70,71)(H,72,73)(H,74,75)(H,76,77)(H,78,79);;;;;;;;/q;8*+1/p-7. The van der Waals surface area contributed by atoms with E-state index < -0.39 is 159 Å². The summed E-state index contributed by atoms with van der Waals surface area (Å²) in [7, 11) is 0. The number of hydrogen-bond donors (Lipinski definition) is 7. The van der Waals surface area contributed by atoms with E-state index in [1.54, 1.807) is 48.5 Å². The second kappa shape index (κ2) is 50.7. The van der Waals surface area contributed by atoms with Gasteiger partial charge in [0.1, 0.15) is 11.5 Å². The van der Waals surface area contributed by atoms with Crippen LogP contribution in [0.25, 0.3) is 21.5 Å². The third-order valence-electron chi connectivity index (χ3n) is 12.2. The number of benzene rings is 4. The van der Waals surface area contributed by atoms with Crippen LogP contribution >= 0.6 is 0 Å². The van der Waals surface area contributed by atoms with Crippen LogP contribution in [-0.4, -0.2) is 234 Å². The summed E-state index contributed by atoms with van der Waals surface area (Å²) in [4.78, 5) is 151. The van der Waals surface area contributed by atoms with Crippen molar-refractivity contribution in [1.29, 1.82) is 0 Å². The number of carbonyl (C=O) groups excluding carboxylic acids is 11. The average molecular weight is 1340 g/mol. The summed E-state index contributed by atoms with van der Waals surface area (Å²) in [6.07, 6.45) is -0.386. The van der Waals surface area contributed by atoms with Gasteiger partial charge in [0.15, 0.2) is 0 Å². The maximum Gasteiger partial charge on any atom is 1.00 e. The van der Waals surface area contributed by atoms with Gasteiger partial charge in [-0.2, -0.15) is 0 Å². The van der Waals surface area contributed by atoms with E-state index in [1.807, 2.05) is 0 Å². The minimum absolute atomic E-state index is 0. The monoisotopic (exact) mass is 1340 g/mol. The van der Waals surface area contributed by atoms with Gasteiger partial charge in [0.2, 0.25) is 0 Å². The molecule has 0 aromatic heterocycles. The summed E-state index contributed by atoms with van der Waals surface area (Å²) >= 11 is 0. The number of aliphatic carboxylic acids is 8. The molecule has 0 bridgehead atoms. The first kappa shape index (κ1) is 98.1. The number of aromatic hydroxyl groups is 2. The Morgan fingerprint density at radius 3 is 0.857 bits per heavy atom. The molecule has 4 rings (SSSR count). The number of carbonyl (C=O) groups is 12. The van der Waals surface area contributed by atoms with Gasteiger partial charge in [0.25, 0.3) is 23.6 Å². The Morgan fingerprint density at radius 2 is 0.582 bits per heavy atom. The number of hydrazine groups is 2. The van der Waals surface area contributed by atoms with E-state index in [4.69, 9.17) is 0 Å². The van der Waals surface area contributed by atoms with Crippen LogP contribution in [0, 0.1) is 0 Å². The zero-order valence-corrected chi connectivity index (χ0v) is 68.0. The van der Waals surface area contributed by atoms with E-state index >= 15 is 0 Å². The number of nitrogens with one attached hydrogen (secondary N) is 4. The van der Waals surface area contributed by atoms with Gasteiger partial charge in [-0.05, 0) is 33.7 Å². The van der Waals surface area contributed by atoms with Gasteiger partial charge in [-0.1, -0.05) is 48.5 Å². The number of hydrogen-bond acceptors (Lipinski definition) is 27. The molecule has 448 valence electrons. The van der Waals surface area contributed by atoms with Crippen LogP contribution in [0.3, 0.4) is 0 Å². The summed E-state index contributed by atoms with van der Waals surface area (Å²) in [6.45, 7) is -10.4. The Bertz CT molecular complexity index is 2890. The molecule has 0 unspecified atom stereocenters. The number of amides is 4. The van der Waals surface area contributed by atoms with Crippen LogP contribution < -0.4 is 294 Å². The minimum atomic E-state index is -1.67. The Kier molecular flexibility index (Phi) is 54.6. The molecule has 4 aromatic carbocycles. The average Bonchev–Trinajstić information content (AvgIpc) is 0.798. The number of rotatable bonds is 36. The molecule has 40 heteroatoms. The van der Waals surface area contributed by atoms with E-state index in [9.17, 15) is 109 Å². The van der Waals surface area contributed by atoms with E-state index in [0.29, 0.717) is 21.5 Å². The van der Waals surface area contributed by atoms with Crippen molar-refractivity contribution in [3.8, 4) is 11.5 Å². The number of phenolic OH excluding ortho intramolecular Hbond substituents is 2. The molecule has 0 fully saturated rings. The molecule has 0 aliphatic carbocycles. The van der Waals surface area contributed by atoms with Crippen molar-refractivity contribution in [3.63, 3.8) is 0 Å². The van der Waals surface area contributed by atoms with Gasteiger partial charge in [-0.15, -0.1) is 0 Å². The Hall–Kier alpha value is -1.60. The van der Waals surface area contributed by atoms with Crippen LogP contribution in [0.2, 0.25) is 0 Å². The number of nitrogens with zero attached hydrogens (tertiary/aromatic N) is 6. The molecule has 0 radical (unpaired) electrons.